The maximum absolute atomic E-state index is 12.3. The van der Waals surface area contributed by atoms with E-state index in [1.165, 1.54) is 12.1 Å². The number of nitrogens with zero attached hydrogens (tertiary/aromatic N) is 6. The average molecular weight is 769 g/mol. The molecule has 0 radical (unpaired) electrons. The average Bonchev–Trinajstić information content (AvgIpc) is 3.12. The van der Waals surface area contributed by atoms with Crippen molar-refractivity contribution in [2.45, 2.75) is 72.6 Å². The standard InChI is InChI=1S/C19H24N4O5.C16H20N4O5S/c1-4-12-10-15(25)27-18-16(12)17(26)20-19(21-18)28-22-13-5-7-23(8-6-13)14(24)9-11(2)3;1-4-10-9-12(21)24-15-13(10)14(22)17-16(18-15)25-19-11-5-7-20(8-6-11)26(2,3)23/h10-11H,4-9H2,1-3H3,(H,20,21,26);9H,2,4-8H2,1,3H3,(H,17,18,22). The number of nitrogens with one attached hydrogen (secondary N) is 2. The predicted molar refractivity (Wildman–Crippen MR) is 204 cm³/mol. The molecule has 2 saturated heterocycles. The smallest absolute Gasteiger partial charge is 0.337 e. The van der Waals surface area contributed by atoms with Crippen LogP contribution in [0.1, 0.15) is 70.9 Å². The minimum Gasteiger partial charge on any atom is -0.403 e. The summed E-state index contributed by atoms with van der Waals surface area (Å²) in [5.41, 5.74) is 0.465. The third kappa shape index (κ3) is 9.95. The number of hydrogen-bond donors (Lipinski definition) is 2. The number of fused-ring (bicyclic) bond motifs is 2. The first-order chi connectivity index (χ1) is 25.6. The second kappa shape index (κ2) is 17.1. The Morgan fingerprint density at radius 1 is 0.833 bits per heavy atom. The van der Waals surface area contributed by atoms with Crippen LogP contribution in [-0.4, -0.2) is 89.0 Å². The Morgan fingerprint density at radius 2 is 1.26 bits per heavy atom. The molecule has 19 heteroatoms. The highest BCUT2D eigenvalue weighted by Crippen LogP contribution is 2.17. The molecule has 2 fully saturated rings. The minimum atomic E-state index is -2.22. The third-order valence-corrected chi connectivity index (χ3v) is 10.2. The number of carbonyl (C=O) groups excluding carboxylic acids is 1. The number of aryl methyl sites for hydroxylation is 2. The van der Waals surface area contributed by atoms with E-state index in [1.54, 1.807) is 6.26 Å². The van der Waals surface area contributed by atoms with E-state index in [-0.39, 0.29) is 40.1 Å². The van der Waals surface area contributed by atoms with Crippen molar-refractivity contribution >= 4 is 55.1 Å². The van der Waals surface area contributed by atoms with Crippen molar-refractivity contribution in [3.8, 4) is 12.0 Å². The van der Waals surface area contributed by atoms with Gasteiger partial charge in [0.05, 0.1) is 11.4 Å². The van der Waals surface area contributed by atoms with Crippen molar-refractivity contribution in [3.05, 3.63) is 64.8 Å². The van der Waals surface area contributed by atoms with Gasteiger partial charge < -0.3 is 23.4 Å². The zero-order chi connectivity index (χ0) is 39.2. The predicted octanol–water partition coefficient (Wildman–Crippen LogP) is 2.37. The van der Waals surface area contributed by atoms with Gasteiger partial charge in [-0.05, 0) is 35.8 Å². The Morgan fingerprint density at radius 3 is 1.65 bits per heavy atom. The van der Waals surface area contributed by atoms with Gasteiger partial charge in [0.1, 0.15) is 10.8 Å². The number of hydrogen-bond acceptors (Lipinski definition) is 14. The van der Waals surface area contributed by atoms with Crippen LogP contribution >= 0.6 is 0 Å². The van der Waals surface area contributed by atoms with E-state index in [0.717, 1.165) is 11.4 Å². The molecule has 6 heterocycles. The van der Waals surface area contributed by atoms with Gasteiger partial charge in [0.2, 0.25) is 17.3 Å². The van der Waals surface area contributed by atoms with Crippen molar-refractivity contribution in [2.75, 3.05) is 32.4 Å². The molecule has 0 saturated carbocycles. The van der Waals surface area contributed by atoms with Crippen molar-refractivity contribution in [3.63, 3.8) is 0 Å². The lowest BCUT2D eigenvalue weighted by Gasteiger charge is -2.28. The van der Waals surface area contributed by atoms with Gasteiger partial charge in [-0.1, -0.05) is 38.0 Å². The molecule has 6 rings (SSSR count). The zero-order valence-electron chi connectivity index (χ0n) is 30.9. The second-order valence-electron chi connectivity index (χ2n) is 13.4. The highest BCUT2D eigenvalue weighted by atomic mass is 32.2. The second-order valence-corrected chi connectivity index (χ2v) is 15.8. The Balaban J connectivity index is 0.000000208. The Labute approximate surface area is 309 Å². The molecule has 290 valence electrons. The van der Waals surface area contributed by atoms with E-state index in [4.69, 9.17) is 18.5 Å². The molecule has 1 atom stereocenters. The molecule has 2 N–H and O–H groups in total. The van der Waals surface area contributed by atoms with E-state index in [2.05, 4.69) is 36.1 Å². The number of oxime groups is 2. The zero-order valence-corrected chi connectivity index (χ0v) is 31.7. The molecule has 0 aliphatic carbocycles. The molecule has 54 heavy (non-hydrogen) atoms. The van der Waals surface area contributed by atoms with Crippen LogP contribution in [0.4, 0.5) is 0 Å². The molecule has 18 nitrogen and oxygen atoms in total. The summed E-state index contributed by atoms with van der Waals surface area (Å²) in [6.07, 6.45) is 5.48. The number of amides is 1. The van der Waals surface area contributed by atoms with Crippen molar-refractivity contribution < 1.29 is 27.5 Å². The van der Waals surface area contributed by atoms with Crippen LogP contribution in [0.2, 0.25) is 0 Å². The maximum atomic E-state index is 12.3. The summed E-state index contributed by atoms with van der Waals surface area (Å²) in [4.78, 5) is 85.3. The number of piperidine rings is 2. The molecule has 2 aliphatic rings. The van der Waals surface area contributed by atoms with Gasteiger partial charge >= 0.3 is 23.3 Å². The summed E-state index contributed by atoms with van der Waals surface area (Å²) in [5.74, 6) is 4.15. The first-order valence-corrected chi connectivity index (χ1v) is 19.7. The maximum Gasteiger partial charge on any atom is 0.337 e. The van der Waals surface area contributed by atoms with Crippen LogP contribution in [0.3, 0.4) is 0 Å². The summed E-state index contributed by atoms with van der Waals surface area (Å²) in [5, 5.41) is 8.52. The number of aromatic nitrogens is 4. The van der Waals surface area contributed by atoms with E-state index < -0.39 is 32.1 Å². The van der Waals surface area contributed by atoms with Gasteiger partial charge in [0, 0.05) is 86.4 Å². The SMILES string of the molecule is C=S(C)(=O)N1CCC(=NOc2nc3oc(=O)cc(CC)c3c(=O)[nH]2)CC1.CCc1cc(=O)oc2nc(ON=C3CCN(C(=O)CC(C)C)CC3)[nH]c(=O)c12. The molecule has 0 spiro atoms. The number of H-pyrrole nitrogens is 2. The molecule has 1 amide bonds. The molecular weight excluding hydrogens is 724 g/mol. The minimum absolute atomic E-state index is 0.0719. The van der Waals surface area contributed by atoms with E-state index in [0.29, 0.717) is 88.2 Å². The highest BCUT2D eigenvalue weighted by molar-refractivity contribution is 7.97. The Kier molecular flexibility index (Phi) is 12.6. The first kappa shape index (κ1) is 39.8. The van der Waals surface area contributed by atoms with Gasteiger partial charge in [0.15, 0.2) is 0 Å². The van der Waals surface area contributed by atoms with Gasteiger partial charge in [0.25, 0.3) is 11.1 Å². The third-order valence-electron chi connectivity index (χ3n) is 8.76. The van der Waals surface area contributed by atoms with E-state index in [9.17, 15) is 28.2 Å². The van der Waals surface area contributed by atoms with Crippen LogP contribution in [0.15, 0.2) is 50.5 Å². The fraction of sp³-hybridized carbons (Fsp3) is 0.486. The van der Waals surface area contributed by atoms with Crippen molar-refractivity contribution in [1.29, 1.82) is 0 Å². The molecular formula is C35H44N8O10S. The number of carbonyl (C=O) groups is 1. The monoisotopic (exact) mass is 768 g/mol. The number of rotatable bonds is 9. The summed E-state index contributed by atoms with van der Waals surface area (Å²) < 4.78 is 23.8. The number of likely N-dealkylation sites (tertiary alicyclic amines) is 1. The Hall–Kier alpha value is -5.43. The van der Waals surface area contributed by atoms with Crippen molar-refractivity contribution in [1.82, 2.24) is 29.1 Å². The lowest BCUT2D eigenvalue weighted by atomic mass is 10.1. The molecule has 1 unspecified atom stereocenters. The summed E-state index contributed by atoms with van der Waals surface area (Å²) >= 11 is 0. The molecule has 0 aromatic carbocycles. The van der Waals surface area contributed by atoms with Gasteiger partial charge in [-0.15, -0.1) is 0 Å². The quantitative estimate of drug-likeness (QED) is 0.185. The fourth-order valence-corrected chi connectivity index (χ4v) is 6.88. The lowest BCUT2D eigenvalue weighted by molar-refractivity contribution is -0.132. The number of aromatic amines is 2. The van der Waals surface area contributed by atoms with Gasteiger partial charge in [-0.25, -0.2) is 13.9 Å². The van der Waals surface area contributed by atoms with E-state index >= 15 is 0 Å². The van der Waals surface area contributed by atoms with Gasteiger partial charge in [-0.2, -0.15) is 9.97 Å². The van der Waals surface area contributed by atoms with E-state index in [1.807, 2.05) is 36.9 Å². The topological polar surface area (TPSA) is 236 Å². The van der Waals surface area contributed by atoms with Crippen LogP contribution in [0, 0.1) is 5.92 Å². The molecule has 0 bridgehead atoms. The first-order valence-electron chi connectivity index (χ1n) is 17.6. The van der Waals surface area contributed by atoms with Gasteiger partial charge in [-0.3, -0.25) is 28.6 Å². The van der Waals surface area contributed by atoms with Crippen LogP contribution in [0.25, 0.3) is 22.2 Å². The van der Waals surface area contributed by atoms with Crippen LogP contribution in [0.5, 0.6) is 12.0 Å². The van der Waals surface area contributed by atoms with Crippen molar-refractivity contribution in [2.24, 2.45) is 16.2 Å². The molecule has 2 aliphatic heterocycles. The van der Waals surface area contributed by atoms with Crippen LogP contribution < -0.4 is 32.0 Å². The molecule has 4 aromatic rings. The van der Waals surface area contributed by atoms with Crippen LogP contribution in [-0.2, 0) is 27.3 Å². The Bertz CT molecular complexity index is 2430. The summed E-state index contributed by atoms with van der Waals surface area (Å²) in [6, 6.07) is 2.28. The highest BCUT2D eigenvalue weighted by Gasteiger charge is 2.22. The fourth-order valence-electron chi connectivity index (χ4n) is 5.92. The summed E-state index contributed by atoms with van der Waals surface area (Å²) in [7, 11) is -2.22. The molecule has 4 aromatic heterocycles. The summed E-state index contributed by atoms with van der Waals surface area (Å²) in [6.45, 7) is 10.0. The lowest BCUT2D eigenvalue weighted by Crippen LogP contribution is -2.39. The largest absolute Gasteiger partial charge is 0.403 e. The normalized spacial score (nSPS) is 16.1.